The summed E-state index contributed by atoms with van der Waals surface area (Å²) in [4.78, 5) is 23.9. The first-order valence-corrected chi connectivity index (χ1v) is 12.8. The fraction of sp³-hybridized carbons (Fsp3) is 0.241. The summed E-state index contributed by atoms with van der Waals surface area (Å²) < 4.78 is 2.21. The summed E-state index contributed by atoms with van der Waals surface area (Å²) in [6, 6.07) is 19.7. The number of aromatic nitrogens is 3. The van der Waals surface area contributed by atoms with Gasteiger partial charge in [0.15, 0.2) is 5.11 Å². The van der Waals surface area contributed by atoms with E-state index in [0.717, 1.165) is 39.6 Å². The zero-order chi connectivity index (χ0) is 25.9. The van der Waals surface area contributed by atoms with Crippen LogP contribution in [0.15, 0.2) is 79.3 Å². The van der Waals surface area contributed by atoms with Gasteiger partial charge in [0.1, 0.15) is 0 Å². The van der Waals surface area contributed by atoms with Crippen LogP contribution in [-0.4, -0.2) is 37.0 Å². The van der Waals surface area contributed by atoms with E-state index in [0.29, 0.717) is 18.1 Å². The van der Waals surface area contributed by atoms with Gasteiger partial charge in [0, 0.05) is 42.4 Å². The van der Waals surface area contributed by atoms with Crippen molar-refractivity contribution in [1.29, 1.82) is 0 Å². The molecule has 5 rings (SSSR count). The summed E-state index contributed by atoms with van der Waals surface area (Å²) >= 11 is 5.81. The summed E-state index contributed by atoms with van der Waals surface area (Å²) in [6.45, 7) is 6.72. The molecule has 4 aromatic rings. The van der Waals surface area contributed by atoms with Gasteiger partial charge < -0.3 is 20.1 Å². The summed E-state index contributed by atoms with van der Waals surface area (Å²) in [5.74, 6) is -0.0486. The van der Waals surface area contributed by atoms with E-state index in [4.69, 9.17) is 12.2 Å². The predicted octanol–water partition coefficient (Wildman–Crippen LogP) is 5.19. The molecular weight excluding hydrogens is 480 g/mol. The second-order valence-electron chi connectivity index (χ2n) is 9.36. The van der Waals surface area contributed by atoms with Crippen molar-refractivity contribution < 1.29 is 4.79 Å². The van der Waals surface area contributed by atoms with Crippen LogP contribution >= 0.6 is 12.2 Å². The average Bonchev–Trinajstić information content (AvgIpc) is 3.39. The Kier molecular flexibility index (Phi) is 7.01. The summed E-state index contributed by atoms with van der Waals surface area (Å²) in [5.41, 5.74) is 7.22. The minimum Gasteiger partial charge on any atom is -0.352 e. The quantitative estimate of drug-likeness (QED) is 0.333. The molecule has 0 bridgehead atoms. The van der Waals surface area contributed by atoms with Crippen LogP contribution in [0.5, 0.6) is 0 Å². The Morgan fingerprint density at radius 2 is 1.86 bits per heavy atom. The number of benzene rings is 1. The van der Waals surface area contributed by atoms with Crippen LogP contribution < -0.4 is 10.6 Å². The molecule has 2 atom stereocenters. The number of pyridine rings is 2. The molecule has 4 heterocycles. The molecule has 188 valence electrons. The maximum Gasteiger partial charge on any atom is 0.226 e. The Morgan fingerprint density at radius 1 is 1.05 bits per heavy atom. The Morgan fingerprint density at radius 3 is 2.57 bits per heavy atom. The monoisotopic (exact) mass is 510 g/mol. The van der Waals surface area contributed by atoms with E-state index in [2.05, 4.69) is 56.0 Å². The summed E-state index contributed by atoms with van der Waals surface area (Å²) in [5, 5.41) is 7.10. The van der Waals surface area contributed by atoms with Crippen molar-refractivity contribution in [2.75, 3.05) is 11.9 Å². The van der Waals surface area contributed by atoms with Crippen molar-refractivity contribution >= 4 is 28.9 Å². The van der Waals surface area contributed by atoms with Gasteiger partial charge in [0.25, 0.3) is 0 Å². The minimum atomic E-state index is -0.142. The van der Waals surface area contributed by atoms with Gasteiger partial charge in [-0.05, 0) is 81.0 Å². The summed E-state index contributed by atoms with van der Waals surface area (Å²) in [6.07, 6.45) is 5.75. The fourth-order valence-corrected chi connectivity index (χ4v) is 5.37. The normalized spacial score (nSPS) is 17.1. The average molecular weight is 511 g/mol. The Labute approximate surface area is 222 Å². The Bertz CT molecular complexity index is 1400. The van der Waals surface area contributed by atoms with Crippen molar-refractivity contribution in [1.82, 2.24) is 24.8 Å². The second kappa shape index (κ2) is 10.5. The highest BCUT2D eigenvalue weighted by molar-refractivity contribution is 7.80. The van der Waals surface area contributed by atoms with Crippen molar-refractivity contribution in [3.8, 4) is 5.69 Å². The standard InChI is InChI=1S/C29H30N6OS/c1-19-9-11-22(12-10-19)32-26(36)13-16-34-28(27(33-29(34)37)25-8-4-5-15-31-25)24-17-20(2)35(21(24)3)23-7-6-14-30-18-23/h4-12,14-15,17-18,27-28H,13,16H2,1-3H3,(H,32,36)(H,33,37)/t27-,28+/m0/s1. The van der Waals surface area contributed by atoms with E-state index in [1.54, 1.807) is 12.4 Å². The molecule has 1 saturated heterocycles. The first-order valence-electron chi connectivity index (χ1n) is 12.4. The van der Waals surface area contributed by atoms with Gasteiger partial charge in [-0.1, -0.05) is 23.8 Å². The number of rotatable bonds is 7. The third-order valence-corrected chi connectivity index (χ3v) is 7.16. The van der Waals surface area contributed by atoms with Crippen molar-refractivity contribution in [2.45, 2.75) is 39.3 Å². The van der Waals surface area contributed by atoms with E-state index in [-0.39, 0.29) is 18.0 Å². The molecule has 0 aliphatic carbocycles. The Balaban J connectivity index is 1.45. The second-order valence-corrected chi connectivity index (χ2v) is 9.74. The lowest BCUT2D eigenvalue weighted by molar-refractivity contribution is -0.116. The number of carbonyl (C=O) groups is 1. The topological polar surface area (TPSA) is 75.1 Å². The van der Waals surface area contributed by atoms with E-state index in [1.807, 2.05) is 61.7 Å². The molecule has 0 saturated carbocycles. The number of hydrogen-bond acceptors (Lipinski definition) is 4. The highest BCUT2D eigenvalue weighted by Gasteiger charge is 2.41. The van der Waals surface area contributed by atoms with E-state index in [1.165, 1.54) is 0 Å². The maximum absolute atomic E-state index is 12.8. The van der Waals surface area contributed by atoms with E-state index < -0.39 is 0 Å². The van der Waals surface area contributed by atoms with Gasteiger partial charge in [-0.25, -0.2) is 0 Å². The number of anilines is 1. The van der Waals surface area contributed by atoms with Gasteiger partial charge in [0.05, 0.1) is 29.7 Å². The van der Waals surface area contributed by atoms with Crippen LogP contribution in [0.4, 0.5) is 5.69 Å². The molecule has 1 amide bonds. The van der Waals surface area contributed by atoms with Crippen molar-refractivity contribution in [3.05, 3.63) is 107 Å². The zero-order valence-corrected chi connectivity index (χ0v) is 22.0. The number of aryl methyl sites for hydroxylation is 2. The molecule has 0 spiro atoms. The summed E-state index contributed by atoms with van der Waals surface area (Å²) in [7, 11) is 0. The molecule has 8 heteroatoms. The lowest BCUT2D eigenvalue weighted by Crippen LogP contribution is -2.32. The molecule has 0 radical (unpaired) electrons. The van der Waals surface area contributed by atoms with Crippen molar-refractivity contribution in [3.63, 3.8) is 0 Å². The zero-order valence-electron chi connectivity index (χ0n) is 21.2. The Hall–Kier alpha value is -4.04. The SMILES string of the molecule is Cc1ccc(NC(=O)CCN2C(=S)N[C@@H](c3ccccn3)[C@H]2c2cc(C)n(-c3cccnc3)c2C)cc1. The smallest absolute Gasteiger partial charge is 0.226 e. The third-order valence-electron chi connectivity index (χ3n) is 6.81. The van der Waals surface area contributed by atoms with E-state index in [9.17, 15) is 4.79 Å². The largest absolute Gasteiger partial charge is 0.352 e. The van der Waals surface area contributed by atoms with Gasteiger partial charge >= 0.3 is 0 Å². The number of hydrogen-bond donors (Lipinski definition) is 2. The van der Waals surface area contributed by atoms with Gasteiger partial charge in [-0.15, -0.1) is 0 Å². The van der Waals surface area contributed by atoms with Gasteiger partial charge in [-0.2, -0.15) is 0 Å². The molecule has 37 heavy (non-hydrogen) atoms. The number of carbonyl (C=O) groups excluding carboxylic acids is 1. The van der Waals surface area contributed by atoms with Gasteiger partial charge in [-0.3, -0.25) is 14.8 Å². The molecule has 1 fully saturated rings. The van der Waals surface area contributed by atoms with Gasteiger partial charge in [0.2, 0.25) is 5.91 Å². The number of nitrogens with zero attached hydrogens (tertiary/aromatic N) is 4. The van der Waals surface area contributed by atoms with E-state index >= 15 is 0 Å². The molecule has 1 aliphatic heterocycles. The molecule has 7 nitrogen and oxygen atoms in total. The highest BCUT2D eigenvalue weighted by atomic mass is 32.1. The molecule has 0 unspecified atom stereocenters. The molecule has 1 aliphatic rings. The van der Waals surface area contributed by atoms with Crippen molar-refractivity contribution in [2.24, 2.45) is 0 Å². The molecule has 3 aromatic heterocycles. The molecule has 2 N–H and O–H groups in total. The number of thiocarbonyl (C=S) groups is 1. The number of nitrogens with one attached hydrogen (secondary N) is 2. The third kappa shape index (κ3) is 5.11. The van der Waals surface area contributed by atoms with Crippen LogP contribution in [0, 0.1) is 20.8 Å². The highest BCUT2D eigenvalue weighted by Crippen LogP contribution is 2.41. The molecule has 1 aromatic carbocycles. The molecular formula is C29H30N6OS. The lowest BCUT2D eigenvalue weighted by Gasteiger charge is -2.28. The lowest BCUT2D eigenvalue weighted by atomic mass is 9.96. The van der Waals surface area contributed by atoms with Crippen LogP contribution in [0.25, 0.3) is 5.69 Å². The van der Waals surface area contributed by atoms with Crippen LogP contribution in [0.3, 0.4) is 0 Å². The fourth-order valence-electron chi connectivity index (χ4n) is 5.04. The van der Waals surface area contributed by atoms with Crippen LogP contribution in [-0.2, 0) is 4.79 Å². The van der Waals surface area contributed by atoms with Crippen LogP contribution in [0.2, 0.25) is 0 Å². The first-order chi connectivity index (χ1) is 17.9. The predicted molar refractivity (Wildman–Crippen MR) is 150 cm³/mol. The maximum atomic E-state index is 12.8. The number of amides is 1. The first kappa shape index (κ1) is 24.6. The van der Waals surface area contributed by atoms with Crippen LogP contribution in [0.1, 0.15) is 46.7 Å². The minimum absolute atomic E-state index is 0.0486.